The quantitative estimate of drug-likeness (QED) is 0.681. The van der Waals surface area contributed by atoms with Crippen molar-refractivity contribution in [2.75, 3.05) is 7.11 Å². The van der Waals surface area contributed by atoms with Crippen molar-refractivity contribution >= 4 is 12.0 Å². The molecule has 2 aromatic carbocycles. The van der Waals surface area contributed by atoms with E-state index < -0.39 is 5.91 Å². The molecule has 0 aromatic heterocycles. The van der Waals surface area contributed by atoms with Crippen molar-refractivity contribution in [3.05, 3.63) is 70.5 Å². The first-order valence-electron chi connectivity index (χ1n) is 6.87. The molecular weight excluding hydrogens is 295 g/mol. The second kappa shape index (κ2) is 7.23. The van der Waals surface area contributed by atoms with Crippen LogP contribution in [0.3, 0.4) is 0 Å². The first-order valence-corrected chi connectivity index (χ1v) is 6.87. The molecule has 0 heterocycles. The maximum atomic E-state index is 13.8. The lowest BCUT2D eigenvalue weighted by atomic mass is 10.0. The SMILES string of the molecule is COc1cc(/C=C(\C#N)C(N)=O)ccc1Cc1ccccc1F. The van der Waals surface area contributed by atoms with Gasteiger partial charge in [0.1, 0.15) is 23.2 Å². The van der Waals surface area contributed by atoms with Gasteiger partial charge in [0.15, 0.2) is 0 Å². The van der Waals surface area contributed by atoms with Crippen molar-refractivity contribution in [3.8, 4) is 11.8 Å². The zero-order valence-corrected chi connectivity index (χ0v) is 12.5. The van der Waals surface area contributed by atoms with Crippen molar-refractivity contribution < 1.29 is 13.9 Å². The molecular formula is C18H15FN2O2. The van der Waals surface area contributed by atoms with Gasteiger partial charge in [-0.1, -0.05) is 30.3 Å². The van der Waals surface area contributed by atoms with Gasteiger partial charge in [-0.15, -0.1) is 0 Å². The first-order chi connectivity index (χ1) is 11.0. The number of primary amides is 1. The fourth-order valence-corrected chi connectivity index (χ4v) is 2.17. The van der Waals surface area contributed by atoms with Gasteiger partial charge in [0, 0.05) is 6.42 Å². The van der Waals surface area contributed by atoms with Gasteiger partial charge in [-0.2, -0.15) is 5.26 Å². The minimum atomic E-state index is -0.790. The third kappa shape index (κ3) is 3.95. The Hall–Kier alpha value is -3.13. The molecule has 0 radical (unpaired) electrons. The number of hydrogen-bond acceptors (Lipinski definition) is 3. The maximum absolute atomic E-state index is 13.8. The van der Waals surface area contributed by atoms with Gasteiger partial charge in [0.2, 0.25) is 0 Å². The molecule has 0 saturated carbocycles. The molecule has 0 saturated heterocycles. The maximum Gasteiger partial charge on any atom is 0.259 e. The summed E-state index contributed by atoms with van der Waals surface area (Å²) in [4.78, 5) is 11.1. The number of nitriles is 1. The lowest BCUT2D eigenvalue weighted by Gasteiger charge is -2.10. The molecule has 0 aliphatic rings. The van der Waals surface area contributed by atoms with Gasteiger partial charge < -0.3 is 10.5 Å². The summed E-state index contributed by atoms with van der Waals surface area (Å²) in [6.45, 7) is 0. The van der Waals surface area contributed by atoms with E-state index in [2.05, 4.69) is 0 Å². The third-order valence-corrected chi connectivity index (χ3v) is 3.35. The van der Waals surface area contributed by atoms with Crippen LogP contribution in [0.15, 0.2) is 48.0 Å². The first kappa shape index (κ1) is 16.2. The summed E-state index contributed by atoms with van der Waals surface area (Å²) in [5.74, 6) is -0.523. The summed E-state index contributed by atoms with van der Waals surface area (Å²) in [6, 6.07) is 13.4. The Bertz CT molecular complexity index is 807. The normalized spacial score (nSPS) is 10.9. The standard InChI is InChI=1S/C18H15FN2O2/c1-23-17-9-12(8-15(11-20)18(21)22)6-7-14(17)10-13-4-2-3-5-16(13)19/h2-9H,10H2,1H3,(H2,21,22)/b15-8+. The van der Waals surface area contributed by atoms with Crippen molar-refractivity contribution in [3.63, 3.8) is 0 Å². The van der Waals surface area contributed by atoms with Gasteiger partial charge in [-0.3, -0.25) is 4.79 Å². The average Bonchev–Trinajstić information content (AvgIpc) is 2.55. The minimum absolute atomic E-state index is 0.145. The fraction of sp³-hybridized carbons (Fsp3) is 0.111. The third-order valence-electron chi connectivity index (χ3n) is 3.35. The Morgan fingerprint density at radius 3 is 2.65 bits per heavy atom. The Morgan fingerprint density at radius 2 is 2.04 bits per heavy atom. The topological polar surface area (TPSA) is 76.1 Å². The molecule has 4 nitrogen and oxygen atoms in total. The number of benzene rings is 2. The highest BCUT2D eigenvalue weighted by atomic mass is 19.1. The number of carbonyl (C=O) groups is 1. The average molecular weight is 310 g/mol. The molecule has 1 amide bonds. The molecule has 0 atom stereocenters. The van der Waals surface area contributed by atoms with Crippen LogP contribution in [0.4, 0.5) is 4.39 Å². The summed E-state index contributed by atoms with van der Waals surface area (Å²) < 4.78 is 19.1. The lowest BCUT2D eigenvalue weighted by molar-refractivity contribution is -0.114. The van der Waals surface area contributed by atoms with Crippen LogP contribution in [0.5, 0.6) is 5.75 Å². The Balaban J connectivity index is 2.36. The summed E-state index contributed by atoms with van der Waals surface area (Å²) in [5.41, 5.74) is 6.93. The minimum Gasteiger partial charge on any atom is -0.496 e. The van der Waals surface area contributed by atoms with E-state index in [-0.39, 0.29) is 11.4 Å². The molecule has 2 rings (SSSR count). The van der Waals surface area contributed by atoms with Crippen LogP contribution in [-0.2, 0) is 11.2 Å². The summed E-state index contributed by atoms with van der Waals surface area (Å²) in [5, 5.41) is 8.87. The van der Waals surface area contributed by atoms with E-state index in [1.165, 1.54) is 19.3 Å². The molecule has 23 heavy (non-hydrogen) atoms. The second-order valence-electron chi connectivity index (χ2n) is 4.87. The number of amides is 1. The van der Waals surface area contributed by atoms with E-state index in [4.69, 9.17) is 15.7 Å². The van der Waals surface area contributed by atoms with E-state index in [0.29, 0.717) is 23.3 Å². The van der Waals surface area contributed by atoms with Crippen molar-refractivity contribution in [2.24, 2.45) is 5.73 Å². The molecule has 5 heteroatoms. The number of methoxy groups -OCH3 is 1. The van der Waals surface area contributed by atoms with E-state index in [9.17, 15) is 9.18 Å². The molecule has 116 valence electrons. The molecule has 0 bridgehead atoms. The molecule has 0 unspecified atom stereocenters. The number of ether oxygens (including phenoxy) is 1. The van der Waals surface area contributed by atoms with Crippen LogP contribution in [0.25, 0.3) is 6.08 Å². The number of rotatable bonds is 5. The monoisotopic (exact) mass is 310 g/mol. The van der Waals surface area contributed by atoms with Crippen molar-refractivity contribution in [1.29, 1.82) is 5.26 Å². The number of hydrogen-bond donors (Lipinski definition) is 1. The lowest BCUT2D eigenvalue weighted by Crippen LogP contribution is -2.12. The van der Waals surface area contributed by atoms with Crippen LogP contribution in [0.2, 0.25) is 0 Å². The molecule has 0 aliphatic heterocycles. The zero-order valence-electron chi connectivity index (χ0n) is 12.5. The predicted molar refractivity (Wildman–Crippen MR) is 85.0 cm³/mol. The summed E-state index contributed by atoms with van der Waals surface area (Å²) in [7, 11) is 1.51. The summed E-state index contributed by atoms with van der Waals surface area (Å²) in [6.07, 6.45) is 1.76. The van der Waals surface area contributed by atoms with Gasteiger partial charge in [0.05, 0.1) is 7.11 Å². The van der Waals surface area contributed by atoms with Crippen LogP contribution in [-0.4, -0.2) is 13.0 Å². The van der Waals surface area contributed by atoms with Crippen LogP contribution < -0.4 is 10.5 Å². The van der Waals surface area contributed by atoms with E-state index in [1.54, 1.807) is 42.5 Å². The van der Waals surface area contributed by atoms with Crippen molar-refractivity contribution in [1.82, 2.24) is 0 Å². The van der Waals surface area contributed by atoms with E-state index in [1.807, 2.05) is 0 Å². The number of halogens is 1. The number of carbonyl (C=O) groups excluding carboxylic acids is 1. The van der Waals surface area contributed by atoms with Gasteiger partial charge in [-0.25, -0.2) is 4.39 Å². The van der Waals surface area contributed by atoms with Crippen LogP contribution in [0.1, 0.15) is 16.7 Å². The molecule has 2 N–H and O–H groups in total. The van der Waals surface area contributed by atoms with Gasteiger partial charge >= 0.3 is 0 Å². The Kier molecular flexibility index (Phi) is 5.11. The highest BCUT2D eigenvalue weighted by molar-refractivity contribution is 6.00. The summed E-state index contributed by atoms with van der Waals surface area (Å²) >= 11 is 0. The molecule has 0 fully saturated rings. The number of nitrogens with zero attached hydrogens (tertiary/aromatic N) is 1. The highest BCUT2D eigenvalue weighted by Crippen LogP contribution is 2.25. The molecule has 0 spiro atoms. The number of nitrogens with two attached hydrogens (primary N) is 1. The fourth-order valence-electron chi connectivity index (χ4n) is 2.17. The zero-order chi connectivity index (χ0) is 16.8. The molecule has 2 aromatic rings. The highest BCUT2D eigenvalue weighted by Gasteiger charge is 2.09. The van der Waals surface area contributed by atoms with Crippen LogP contribution in [0, 0.1) is 17.1 Å². The van der Waals surface area contributed by atoms with Gasteiger partial charge in [-0.05, 0) is 34.9 Å². The second-order valence-corrected chi connectivity index (χ2v) is 4.87. The van der Waals surface area contributed by atoms with E-state index in [0.717, 1.165) is 5.56 Å². The molecule has 0 aliphatic carbocycles. The Labute approximate surface area is 133 Å². The predicted octanol–water partition coefficient (Wildman–Crippen LogP) is 2.82. The largest absolute Gasteiger partial charge is 0.496 e. The van der Waals surface area contributed by atoms with Crippen LogP contribution >= 0.6 is 0 Å². The van der Waals surface area contributed by atoms with Crippen molar-refractivity contribution in [2.45, 2.75) is 6.42 Å². The Morgan fingerprint density at radius 1 is 1.30 bits per heavy atom. The van der Waals surface area contributed by atoms with Gasteiger partial charge in [0.25, 0.3) is 5.91 Å². The smallest absolute Gasteiger partial charge is 0.259 e. The van der Waals surface area contributed by atoms with E-state index >= 15 is 0 Å².